The van der Waals surface area contributed by atoms with E-state index in [9.17, 15) is 0 Å². The number of anilines is 1. The quantitative estimate of drug-likeness (QED) is 0.593. The molecule has 0 amide bonds. The number of hydrogen-bond acceptors (Lipinski definition) is 4. The Bertz CT molecular complexity index is 226. The molecule has 0 saturated heterocycles. The number of rotatable bonds is 1. The van der Waals surface area contributed by atoms with Gasteiger partial charge >= 0.3 is 0 Å². The minimum atomic E-state index is 0.435. The van der Waals surface area contributed by atoms with E-state index in [0.29, 0.717) is 12.0 Å². The van der Waals surface area contributed by atoms with Crippen LogP contribution in [0.4, 0.5) is 5.95 Å². The van der Waals surface area contributed by atoms with Gasteiger partial charge in [0.15, 0.2) is 0 Å². The lowest BCUT2D eigenvalue weighted by atomic mass is 9.93. The lowest BCUT2D eigenvalue weighted by Gasteiger charge is -2.24. The van der Waals surface area contributed by atoms with Gasteiger partial charge in [-0.3, -0.25) is 0 Å². The van der Waals surface area contributed by atoms with E-state index in [0.717, 1.165) is 12.8 Å². The molecule has 1 aromatic rings. The normalized spacial score (nSPS) is 18.8. The Hall–Kier alpha value is -1.13. The summed E-state index contributed by atoms with van der Waals surface area (Å²) < 4.78 is 1.70. The van der Waals surface area contributed by atoms with Crippen LogP contribution in [0.25, 0.3) is 0 Å². The first-order valence-electron chi connectivity index (χ1n) is 3.41. The van der Waals surface area contributed by atoms with Crippen molar-refractivity contribution in [1.29, 1.82) is 0 Å². The molecule has 2 N–H and O–H groups in total. The monoisotopic (exact) mass is 139 g/mol. The third kappa shape index (κ3) is 0.665. The summed E-state index contributed by atoms with van der Waals surface area (Å²) in [6.07, 6.45) is 3.59. The number of aromatic nitrogens is 4. The Morgan fingerprint density at radius 2 is 2.30 bits per heavy atom. The van der Waals surface area contributed by atoms with Crippen LogP contribution in [0.3, 0.4) is 0 Å². The fourth-order valence-corrected chi connectivity index (χ4v) is 1.09. The molecule has 5 heteroatoms. The Balaban J connectivity index is 2.23. The molecular weight excluding hydrogens is 130 g/mol. The smallest absolute Gasteiger partial charge is 0.240 e. The summed E-state index contributed by atoms with van der Waals surface area (Å²) in [5.74, 6) is 0.435. The molecule has 1 aromatic heterocycles. The predicted molar refractivity (Wildman–Crippen MR) is 35.1 cm³/mol. The molecule has 0 atom stereocenters. The van der Waals surface area contributed by atoms with Gasteiger partial charge in [0.2, 0.25) is 5.95 Å². The number of nitrogens with zero attached hydrogens (tertiary/aromatic N) is 4. The van der Waals surface area contributed by atoms with Crippen LogP contribution in [-0.2, 0) is 0 Å². The van der Waals surface area contributed by atoms with Gasteiger partial charge in [0, 0.05) is 0 Å². The number of hydrogen-bond donors (Lipinski definition) is 1. The SMILES string of the molecule is Nc1nnnn1C1CCC1. The fourth-order valence-electron chi connectivity index (χ4n) is 1.09. The summed E-state index contributed by atoms with van der Waals surface area (Å²) in [4.78, 5) is 0. The van der Waals surface area contributed by atoms with Gasteiger partial charge in [-0.05, 0) is 29.7 Å². The third-order valence-electron chi connectivity index (χ3n) is 1.94. The van der Waals surface area contributed by atoms with Gasteiger partial charge in [0.25, 0.3) is 0 Å². The number of tetrazole rings is 1. The minimum absolute atomic E-state index is 0.435. The van der Waals surface area contributed by atoms with E-state index in [4.69, 9.17) is 5.73 Å². The molecule has 10 heavy (non-hydrogen) atoms. The highest BCUT2D eigenvalue weighted by Gasteiger charge is 2.22. The highest BCUT2D eigenvalue weighted by molar-refractivity contribution is 5.12. The summed E-state index contributed by atoms with van der Waals surface area (Å²) in [7, 11) is 0. The zero-order valence-electron chi connectivity index (χ0n) is 5.56. The summed E-state index contributed by atoms with van der Waals surface area (Å²) >= 11 is 0. The molecule has 5 nitrogen and oxygen atoms in total. The molecule has 1 aliphatic rings. The summed E-state index contributed by atoms with van der Waals surface area (Å²) in [6.45, 7) is 0. The van der Waals surface area contributed by atoms with Crippen molar-refractivity contribution in [1.82, 2.24) is 20.2 Å². The zero-order valence-corrected chi connectivity index (χ0v) is 5.56. The largest absolute Gasteiger partial charge is 0.367 e. The standard InChI is InChI=1S/C5H9N5/c6-5-7-8-9-10(5)4-2-1-3-4/h4H,1-3H2,(H2,6,7,9). The van der Waals surface area contributed by atoms with Crippen LogP contribution in [0.1, 0.15) is 25.3 Å². The van der Waals surface area contributed by atoms with Crippen LogP contribution in [-0.4, -0.2) is 20.2 Å². The lowest BCUT2D eigenvalue weighted by Crippen LogP contribution is -2.19. The van der Waals surface area contributed by atoms with E-state index in [1.54, 1.807) is 4.68 Å². The second-order valence-corrected chi connectivity index (χ2v) is 2.57. The fraction of sp³-hybridized carbons (Fsp3) is 0.800. The van der Waals surface area contributed by atoms with Gasteiger partial charge in [-0.15, -0.1) is 0 Å². The maximum atomic E-state index is 5.48. The minimum Gasteiger partial charge on any atom is -0.367 e. The first kappa shape index (κ1) is 5.64. The number of nitrogens with two attached hydrogens (primary N) is 1. The highest BCUT2D eigenvalue weighted by atomic mass is 15.6. The van der Waals surface area contributed by atoms with Crippen LogP contribution in [0.5, 0.6) is 0 Å². The molecular formula is C5H9N5. The molecule has 1 fully saturated rings. The van der Waals surface area contributed by atoms with E-state index < -0.39 is 0 Å². The predicted octanol–water partition coefficient (Wildman–Crippen LogP) is -0.0197. The van der Waals surface area contributed by atoms with E-state index in [1.165, 1.54) is 6.42 Å². The van der Waals surface area contributed by atoms with Crippen molar-refractivity contribution in [2.45, 2.75) is 25.3 Å². The Morgan fingerprint density at radius 1 is 1.50 bits per heavy atom. The van der Waals surface area contributed by atoms with Gasteiger partial charge in [-0.2, -0.15) is 0 Å². The van der Waals surface area contributed by atoms with Gasteiger partial charge in [-0.25, -0.2) is 4.68 Å². The molecule has 0 radical (unpaired) electrons. The molecule has 0 bridgehead atoms. The average molecular weight is 139 g/mol. The molecule has 0 aromatic carbocycles. The van der Waals surface area contributed by atoms with E-state index in [-0.39, 0.29) is 0 Å². The number of nitrogen functional groups attached to an aromatic ring is 1. The van der Waals surface area contributed by atoms with Crippen molar-refractivity contribution < 1.29 is 0 Å². The maximum Gasteiger partial charge on any atom is 0.240 e. The molecule has 1 aliphatic carbocycles. The summed E-state index contributed by atoms with van der Waals surface area (Å²) in [5, 5.41) is 10.8. The van der Waals surface area contributed by atoms with E-state index in [2.05, 4.69) is 15.5 Å². The van der Waals surface area contributed by atoms with Crippen molar-refractivity contribution in [3.8, 4) is 0 Å². The molecule has 1 heterocycles. The van der Waals surface area contributed by atoms with Crippen molar-refractivity contribution in [2.24, 2.45) is 0 Å². The van der Waals surface area contributed by atoms with Gasteiger partial charge < -0.3 is 5.73 Å². The zero-order chi connectivity index (χ0) is 6.97. The maximum absolute atomic E-state index is 5.48. The first-order chi connectivity index (χ1) is 4.88. The molecule has 1 saturated carbocycles. The van der Waals surface area contributed by atoms with Crippen LogP contribution in [0, 0.1) is 0 Å². The Kier molecular flexibility index (Phi) is 1.09. The van der Waals surface area contributed by atoms with Crippen molar-refractivity contribution in [2.75, 3.05) is 5.73 Å². The van der Waals surface area contributed by atoms with Crippen molar-refractivity contribution >= 4 is 5.95 Å². The molecule has 2 rings (SSSR count). The Morgan fingerprint density at radius 3 is 2.70 bits per heavy atom. The van der Waals surface area contributed by atoms with Crippen LogP contribution in [0.15, 0.2) is 0 Å². The summed E-state index contributed by atoms with van der Waals surface area (Å²) in [6, 6.07) is 0.468. The second-order valence-electron chi connectivity index (χ2n) is 2.57. The first-order valence-corrected chi connectivity index (χ1v) is 3.41. The van der Waals surface area contributed by atoms with Crippen molar-refractivity contribution in [3.05, 3.63) is 0 Å². The Labute approximate surface area is 58.2 Å². The van der Waals surface area contributed by atoms with Crippen LogP contribution < -0.4 is 5.73 Å². The molecule has 0 spiro atoms. The highest BCUT2D eigenvalue weighted by Crippen LogP contribution is 2.31. The molecule has 54 valence electrons. The van der Waals surface area contributed by atoms with Gasteiger partial charge in [-0.1, -0.05) is 5.10 Å². The average Bonchev–Trinajstić information content (AvgIpc) is 2.12. The van der Waals surface area contributed by atoms with Gasteiger partial charge in [0.1, 0.15) is 0 Å². The van der Waals surface area contributed by atoms with E-state index >= 15 is 0 Å². The van der Waals surface area contributed by atoms with Gasteiger partial charge in [0.05, 0.1) is 6.04 Å². The third-order valence-corrected chi connectivity index (χ3v) is 1.94. The molecule has 0 aliphatic heterocycles. The molecule has 0 unspecified atom stereocenters. The van der Waals surface area contributed by atoms with Crippen LogP contribution >= 0.6 is 0 Å². The lowest BCUT2D eigenvalue weighted by molar-refractivity contribution is 0.288. The van der Waals surface area contributed by atoms with Crippen molar-refractivity contribution in [3.63, 3.8) is 0 Å². The second kappa shape index (κ2) is 1.93. The topological polar surface area (TPSA) is 69.6 Å². The summed E-state index contributed by atoms with van der Waals surface area (Å²) in [5.41, 5.74) is 5.48. The van der Waals surface area contributed by atoms with E-state index in [1.807, 2.05) is 0 Å². The van der Waals surface area contributed by atoms with Crippen LogP contribution in [0.2, 0.25) is 0 Å².